The van der Waals surface area contributed by atoms with Crippen molar-refractivity contribution in [3.05, 3.63) is 118 Å². The van der Waals surface area contributed by atoms with Crippen LogP contribution in [0.3, 0.4) is 0 Å². The Morgan fingerprint density at radius 3 is 2.56 bits per heavy atom. The van der Waals surface area contributed by atoms with Gasteiger partial charge in [0.2, 0.25) is 12.0 Å². The molecule has 1 fully saturated rings. The molecule has 0 amide bonds. The predicted octanol–water partition coefficient (Wildman–Crippen LogP) is 9.21. The SMILES string of the molecule is CC1=C(c2c(-c3cccc4ccccc34)ncc3snc(O[C@H](Cc4ccccc4OCc4ccnn4CC(F)(F)F)C(=O)O)c23)CCC(OCCN2CCN(C)CC2)=C1Cl. The van der Waals surface area contributed by atoms with Crippen molar-refractivity contribution in [3.63, 3.8) is 0 Å². The summed E-state index contributed by atoms with van der Waals surface area (Å²) in [5.74, 6) is -0.0633. The van der Waals surface area contributed by atoms with E-state index in [9.17, 15) is 23.1 Å². The molecule has 4 heterocycles. The number of aromatic nitrogens is 4. The zero-order chi connectivity index (χ0) is 42.7. The fraction of sp³-hybridized carbons (Fsp3) is 0.333. The van der Waals surface area contributed by atoms with Crippen LogP contribution in [0.4, 0.5) is 13.2 Å². The maximum atomic E-state index is 13.2. The summed E-state index contributed by atoms with van der Waals surface area (Å²) in [5.41, 5.74) is 4.78. The molecule has 1 atom stereocenters. The van der Waals surface area contributed by atoms with Crippen LogP contribution in [-0.2, 0) is 29.1 Å². The van der Waals surface area contributed by atoms with Crippen LogP contribution in [0.5, 0.6) is 11.6 Å². The summed E-state index contributed by atoms with van der Waals surface area (Å²) in [7, 11) is 2.13. The molecule has 0 unspecified atom stereocenters. The molecule has 1 N–H and O–H groups in total. The number of aliphatic carboxylic acids is 1. The number of pyridine rings is 1. The molecule has 0 saturated carbocycles. The summed E-state index contributed by atoms with van der Waals surface area (Å²) in [5, 5.41) is 17.6. The Balaban J connectivity index is 1.14. The molecule has 61 heavy (non-hydrogen) atoms. The number of carboxylic acid groups (broad SMARTS) is 1. The van der Waals surface area contributed by atoms with E-state index in [4.69, 9.17) is 30.8 Å². The third-order valence-corrected chi connectivity index (χ3v) is 12.4. The quantitative estimate of drug-likeness (QED) is 0.107. The first kappa shape index (κ1) is 42.2. The van der Waals surface area contributed by atoms with Crippen LogP contribution in [0, 0.1) is 0 Å². The van der Waals surface area contributed by atoms with Crippen LogP contribution in [0.2, 0.25) is 0 Å². The van der Waals surface area contributed by atoms with Crippen LogP contribution in [0.25, 0.3) is 37.7 Å². The van der Waals surface area contributed by atoms with Crippen molar-refractivity contribution in [3.8, 4) is 22.9 Å². The second-order valence-electron chi connectivity index (χ2n) is 15.2. The van der Waals surface area contributed by atoms with E-state index < -0.39 is 24.8 Å². The van der Waals surface area contributed by atoms with Gasteiger partial charge >= 0.3 is 12.1 Å². The van der Waals surface area contributed by atoms with Gasteiger partial charge in [-0.3, -0.25) is 14.6 Å². The highest BCUT2D eigenvalue weighted by atomic mass is 35.5. The minimum atomic E-state index is -4.47. The second kappa shape index (κ2) is 18.2. The Kier molecular flexibility index (Phi) is 12.6. The van der Waals surface area contributed by atoms with Crippen molar-refractivity contribution < 1.29 is 37.3 Å². The van der Waals surface area contributed by atoms with Gasteiger partial charge in [-0.05, 0) is 71.5 Å². The molecule has 6 aromatic rings. The first-order valence-electron chi connectivity index (χ1n) is 20.0. The maximum Gasteiger partial charge on any atom is 0.408 e. The Labute approximate surface area is 359 Å². The monoisotopic (exact) mass is 872 g/mol. The van der Waals surface area contributed by atoms with Gasteiger partial charge in [0, 0.05) is 69.1 Å². The van der Waals surface area contributed by atoms with Crippen molar-refractivity contribution in [2.24, 2.45) is 0 Å². The number of ether oxygens (including phenoxy) is 3. The summed E-state index contributed by atoms with van der Waals surface area (Å²) in [4.78, 5) is 22.7. The molecule has 0 radical (unpaired) electrons. The number of hydrogen-bond acceptors (Lipinski definition) is 10. The number of carbonyl (C=O) groups is 1. The zero-order valence-corrected chi connectivity index (χ0v) is 35.2. The summed E-state index contributed by atoms with van der Waals surface area (Å²) in [6, 6.07) is 22.3. The normalized spacial score (nSPS) is 16.1. The molecule has 3 aromatic heterocycles. The van der Waals surface area contributed by atoms with Crippen LogP contribution < -0.4 is 9.47 Å². The number of likely N-dealkylation sites (N-methyl/N-ethyl adjacent to an activating group) is 1. The highest BCUT2D eigenvalue weighted by Gasteiger charge is 2.32. The minimum Gasteiger partial charge on any atom is -0.495 e. The Morgan fingerprint density at radius 2 is 1.75 bits per heavy atom. The average molecular weight is 873 g/mol. The lowest BCUT2D eigenvalue weighted by atomic mass is 9.86. The van der Waals surface area contributed by atoms with E-state index in [-0.39, 0.29) is 24.6 Å². The van der Waals surface area contributed by atoms with Gasteiger partial charge in [0.15, 0.2) is 0 Å². The van der Waals surface area contributed by atoms with Crippen LogP contribution in [-0.4, -0.2) is 98.7 Å². The molecule has 3 aromatic carbocycles. The van der Waals surface area contributed by atoms with Gasteiger partial charge in [0.25, 0.3) is 0 Å². The lowest BCUT2D eigenvalue weighted by molar-refractivity contribution is -0.145. The lowest BCUT2D eigenvalue weighted by Gasteiger charge is -2.32. The summed E-state index contributed by atoms with van der Waals surface area (Å²) < 4.78 is 64.4. The molecule has 1 saturated heterocycles. The highest BCUT2D eigenvalue weighted by Crippen LogP contribution is 2.47. The lowest BCUT2D eigenvalue weighted by Crippen LogP contribution is -2.45. The number of nitrogens with zero attached hydrogens (tertiary/aromatic N) is 6. The molecule has 11 nitrogen and oxygen atoms in total. The predicted molar refractivity (Wildman–Crippen MR) is 230 cm³/mol. The van der Waals surface area contributed by atoms with Gasteiger partial charge in [0.1, 0.15) is 31.3 Å². The fourth-order valence-corrected chi connectivity index (χ4v) is 8.85. The summed E-state index contributed by atoms with van der Waals surface area (Å²) >= 11 is 8.33. The number of allylic oxidation sites excluding steroid dienone is 4. The van der Waals surface area contributed by atoms with Gasteiger partial charge in [-0.15, -0.1) is 0 Å². The number of fused-ring (bicyclic) bond motifs is 2. The molecule has 0 spiro atoms. The summed E-state index contributed by atoms with van der Waals surface area (Å²) in [6.07, 6.45) is -1.87. The third-order valence-electron chi connectivity index (χ3n) is 11.2. The molecule has 1 aliphatic heterocycles. The van der Waals surface area contributed by atoms with E-state index in [2.05, 4.69) is 32.4 Å². The maximum absolute atomic E-state index is 13.2. The van der Waals surface area contributed by atoms with E-state index >= 15 is 0 Å². The number of halogens is 4. The molecule has 2 aliphatic rings. The van der Waals surface area contributed by atoms with E-state index in [1.165, 1.54) is 12.3 Å². The van der Waals surface area contributed by atoms with Gasteiger partial charge in [-0.2, -0.15) is 22.6 Å². The summed E-state index contributed by atoms with van der Waals surface area (Å²) in [6.45, 7) is 5.86. The standard InChI is InChI=1S/C45H44ClF3N6O5S/c1-28-32(14-15-36(41(28)46)58-23-22-54-20-18-53(2)19-21-54)39-40-38(25-50-42(39)34-12-7-10-29-8-3-5-11-33(29)34)61-52-43(40)60-37(44(56)57)24-30-9-4-6-13-35(30)59-26-31-16-17-51-55(31)27-45(47,48)49/h3-13,16-17,25,37H,14-15,18-24,26-27H2,1-2H3,(H,56,57)/t37-/m1/s1. The molecule has 318 valence electrons. The first-order chi connectivity index (χ1) is 29.4. The van der Waals surface area contributed by atoms with E-state index in [0.29, 0.717) is 51.6 Å². The van der Waals surface area contributed by atoms with E-state index in [1.807, 2.05) is 43.3 Å². The number of alkyl halides is 3. The topological polar surface area (TPSA) is 115 Å². The Hall–Kier alpha value is -5.48. The van der Waals surface area contributed by atoms with Gasteiger partial charge < -0.3 is 24.2 Å². The van der Waals surface area contributed by atoms with Gasteiger partial charge in [0.05, 0.1) is 26.5 Å². The average Bonchev–Trinajstić information content (AvgIpc) is 3.87. The molecule has 0 bridgehead atoms. The van der Waals surface area contributed by atoms with Crippen molar-refractivity contribution in [2.75, 3.05) is 46.4 Å². The largest absolute Gasteiger partial charge is 0.495 e. The second-order valence-corrected chi connectivity index (χ2v) is 16.4. The number of piperazine rings is 1. The molecule has 1 aliphatic carbocycles. The highest BCUT2D eigenvalue weighted by molar-refractivity contribution is 7.13. The number of rotatable bonds is 15. The van der Waals surface area contributed by atoms with Gasteiger partial charge in [-0.1, -0.05) is 72.3 Å². The van der Waals surface area contributed by atoms with Gasteiger partial charge in [-0.25, -0.2) is 4.79 Å². The van der Waals surface area contributed by atoms with Crippen LogP contribution in [0.15, 0.2) is 102 Å². The number of carboxylic acids is 1. The Morgan fingerprint density at radius 1 is 0.984 bits per heavy atom. The third kappa shape index (κ3) is 9.55. The zero-order valence-electron chi connectivity index (χ0n) is 33.6. The minimum absolute atomic E-state index is 0.131. The number of hydrogen-bond donors (Lipinski definition) is 1. The van der Waals surface area contributed by atoms with Crippen molar-refractivity contribution >= 4 is 55.5 Å². The first-order valence-corrected chi connectivity index (χ1v) is 21.2. The molecular formula is C45H44ClF3N6O5S. The molecule has 16 heteroatoms. The van der Waals surface area contributed by atoms with Crippen molar-refractivity contribution in [2.45, 2.75) is 51.6 Å². The number of benzene rings is 3. The smallest absolute Gasteiger partial charge is 0.408 e. The van der Waals surface area contributed by atoms with Crippen LogP contribution in [0.1, 0.15) is 36.6 Å². The van der Waals surface area contributed by atoms with Crippen molar-refractivity contribution in [1.29, 1.82) is 0 Å². The number of para-hydroxylation sites is 1. The Bertz CT molecular complexity index is 2610. The van der Waals surface area contributed by atoms with E-state index in [0.717, 1.165) is 87.7 Å². The molecule has 8 rings (SSSR count). The van der Waals surface area contributed by atoms with Crippen molar-refractivity contribution in [1.82, 2.24) is 28.9 Å². The van der Waals surface area contributed by atoms with E-state index in [1.54, 1.807) is 30.5 Å². The fourth-order valence-electron chi connectivity index (χ4n) is 7.89. The molecular weight excluding hydrogens is 829 g/mol. The van der Waals surface area contributed by atoms with Crippen LogP contribution >= 0.6 is 23.1 Å².